The average molecular weight is 383 g/mol. The van der Waals surface area contributed by atoms with Gasteiger partial charge in [-0.2, -0.15) is 0 Å². The fraction of sp³-hybridized carbons (Fsp3) is 0.500. The van der Waals surface area contributed by atoms with Crippen molar-refractivity contribution >= 4 is 40.7 Å². The summed E-state index contributed by atoms with van der Waals surface area (Å²) >= 11 is 3.46. The van der Waals surface area contributed by atoms with Gasteiger partial charge in [-0.15, -0.1) is 31.4 Å². The molecule has 0 unspecified atom stereocenters. The molecule has 20 heavy (non-hydrogen) atoms. The van der Waals surface area contributed by atoms with Gasteiger partial charge in [-0.25, -0.2) is 4.98 Å². The summed E-state index contributed by atoms with van der Waals surface area (Å²) in [6.45, 7) is 10.5. The third-order valence-electron chi connectivity index (χ3n) is 3.27. The van der Waals surface area contributed by atoms with Gasteiger partial charge in [0.15, 0.2) is 0 Å². The van der Waals surface area contributed by atoms with E-state index in [1.54, 1.807) is 0 Å². The first-order valence-corrected chi connectivity index (χ1v) is 7.16. The third kappa shape index (κ3) is 5.70. The maximum Gasteiger partial charge on any atom is 0.106 e. The number of aromatic nitrogens is 1. The molecule has 1 saturated heterocycles. The monoisotopic (exact) mass is 381 g/mol. The first-order valence-electron chi connectivity index (χ1n) is 6.37. The van der Waals surface area contributed by atoms with Crippen LogP contribution in [0.3, 0.4) is 0 Å². The van der Waals surface area contributed by atoms with E-state index in [1.807, 2.05) is 6.20 Å². The van der Waals surface area contributed by atoms with Crippen molar-refractivity contribution in [2.45, 2.75) is 19.4 Å². The number of piperazine rings is 1. The van der Waals surface area contributed by atoms with Crippen molar-refractivity contribution in [1.29, 1.82) is 0 Å². The highest BCUT2D eigenvalue weighted by atomic mass is 79.9. The zero-order chi connectivity index (χ0) is 13.0. The van der Waals surface area contributed by atoms with Crippen molar-refractivity contribution in [3.63, 3.8) is 0 Å². The average Bonchev–Trinajstić information content (AvgIpc) is 2.37. The van der Waals surface area contributed by atoms with Gasteiger partial charge in [0.25, 0.3) is 0 Å². The van der Waals surface area contributed by atoms with Crippen LogP contribution in [-0.2, 0) is 0 Å². The van der Waals surface area contributed by atoms with Gasteiger partial charge in [0.05, 0.1) is 0 Å². The quantitative estimate of drug-likeness (QED) is 0.636. The molecule has 1 fully saturated rings. The minimum absolute atomic E-state index is 0. The van der Waals surface area contributed by atoms with Crippen LogP contribution in [0.2, 0.25) is 0 Å². The second-order valence-corrected chi connectivity index (χ2v) is 5.69. The predicted molar refractivity (Wildman–Crippen MR) is 93.0 cm³/mol. The summed E-state index contributed by atoms with van der Waals surface area (Å²) in [5.74, 6) is 0. The standard InChI is InChI=1S/C14H20BrN3.2ClH/c1-11(2)9-13(18-7-5-16-6-8-18)12-3-4-17-14(15)10-12;;/h3-4,10,13,16H,1,5-9H2,2H3;2*1H/t13-;;/m1../s1. The zero-order valence-corrected chi connectivity index (χ0v) is 14.9. The van der Waals surface area contributed by atoms with Crippen LogP contribution < -0.4 is 5.32 Å². The first kappa shape index (κ1) is 19.9. The Morgan fingerprint density at radius 3 is 2.65 bits per heavy atom. The van der Waals surface area contributed by atoms with E-state index in [2.05, 4.69) is 56.8 Å². The van der Waals surface area contributed by atoms with E-state index < -0.39 is 0 Å². The molecule has 1 aliphatic heterocycles. The Bertz CT molecular complexity index is 423. The molecule has 6 heteroatoms. The second kappa shape index (κ2) is 9.74. The van der Waals surface area contributed by atoms with Gasteiger partial charge in [-0.05, 0) is 47.0 Å². The van der Waals surface area contributed by atoms with Crippen LogP contribution in [0.1, 0.15) is 24.9 Å². The number of hydrogen-bond acceptors (Lipinski definition) is 3. The van der Waals surface area contributed by atoms with Crippen LogP contribution in [0, 0.1) is 0 Å². The summed E-state index contributed by atoms with van der Waals surface area (Å²) in [5.41, 5.74) is 2.55. The van der Waals surface area contributed by atoms with Gasteiger partial charge in [0.1, 0.15) is 4.60 Å². The smallest absolute Gasteiger partial charge is 0.106 e. The van der Waals surface area contributed by atoms with Crippen LogP contribution in [0.4, 0.5) is 0 Å². The van der Waals surface area contributed by atoms with Gasteiger partial charge in [-0.1, -0.05) is 5.57 Å². The molecule has 1 aromatic rings. The summed E-state index contributed by atoms with van der Waals surface area (Å²) in [6, 6.07) is 4.65. The normalized spacial score (nSPS) is 16.7. The Hall–Kier alpha value is -0.130. The Morgan fingerprint density at radius 2 is 2.10 bits per heavy atom. The molecule has 0 radical (unpaired) electrons. The van der Waals surface area contributed by atoms with Crippen LogP contribution in [0.15, 0.2) is 35.1 Å². The van der Waals surface area contributed by atoms with Crippen molar-refractivity contribution in [1.82, 2.24) is 15.2 Å². The van der Waals surface area contributed by atoms with Crippen molar-refractivity contribution in [3.05, 3.63) is 40.6 Å². The molecule has 0 bridgehead atoms. The van der Waals surface area contributed by atoms with Crippen molar-refractivity contribution in [2.24, 2.45) is 0 Å². The Labute approximate surface area is 142 Å². The Kier molecular flexibility index (Phi) is 9.68. The molecule has 1 atom stereocenters. The molecule has 2 rings (SSSR count). The molecule has 1 aliphatic rings. The molecule has 114 valence electrons. The number of halogens is 3. The summed E-state index contributed by atoms with van der Waals surface area (Å²) in [4.78, 5) is 6.74. The molecule has 3 nitrogen and oxygen atoms in total. The van der Waals surface area contributed by atoms with Crippen LogP contribution in [0.25, 0.3) is 0 Å². The predicted octanol–water partition coefficient (Wildman–Crippen LogP) is 3.60. The van der Waals surface area contributed by atoms with E-state index >= 15 is 0 Å². The first-order chi connectivity index (χ1) is 8.66. The molecule has 0 aliphatic carbocycles. The molecular formula is C14H22BrCl2N3. The zero-order valence-electron chi connectivity index (χ0n) is 11.6. The number of nitrogens with one attached hydrogen (secondary N) is 1. The molecule has 0 saturated carbocycles. The van der Waals surface area contributed by atoms with Gasteiger partial charge >= 0.3 is 0 Å². The number of rotatable bonds is 4. The lowest BCUT2D eigenvalue weighted by Crippen LogP contribution is -2.45. The summed E-state index contributed by atoms with van der Waals surface area (Å²) in [7, 11) is 0. The van der Waals surface area contributed by atoms with E-state index in [9.17, 15) is 0 Å². The highest BCUT2D eigenvalue weighted by Crippen LogP contribution is 2.28. The molecule has 1 aromatic heterocycles. The van der Waals surface area contributed by atoms with Gasteiger partial charge in [0.2, 0.25) is 0 Å². The molecule has 0 aromatic carbocycles. The van der Waals surface area contributed by atoms with E-state index in [0.717, 1.165) is 37.2 Å². The highest BCUT2D eigenvalue weighted by molar-refractivity contribution is 9.10. The molecular weight excluding hydrogens is 361 g/mol. The SMILES string of the molecule is C=C(C)C[C@H](c1ccnc(Br)c1)N1CCNCC1.Cl.Cl. The van der Waals surface area contributed by atoms with Crippen LogP contribution in [-0.4, -0.2) is 36.1 Å². The van der Waals surface area contributed by atoms with Crippen LogP contribution >= 0.6 is 40.7 Å². The van der Waals surface area contributed by atoms with E-state index in [1.165, 1.54) is 11.1 Å². The summed E-state index contributed by atoms with van der Waals surface area (Å²) in [6.07, 6.45) is 2.88. The van der Waals surface area contributed by atoms with Crippen molar-refractivity contribution in [3.8, 4) is 0 Å². The van der Waals surface area contributed by atoms with Gasteiger partial charge in [-0.3, -0.25) is 4.90 Å². The van der Waals surface area contributed by atoms with E-state index in [0.29, 0.717) is 6.04 Å². The molecule has 0 amide bonds. The fourth-order valence-corrected chi connectivity index (χ4v) is 2.79. The topological polar surface area (TPSA) is 28.2 Å². The highest BCUT2D eigenvalue weighted by Gasteiger charge is 2.22. The molecule has 0 spiro atoms. The lowest BCUT2D eigenvalue weighted by atomic mass is 9.99. The van der Waals surface area contributed by atoms with Gasteiger partial charge in [0, 0.05) is 38.4 Å². The van der Waals surface area contributed by atoms with Crippen molar-refractivity contribution in [2.75, 3.05) is 26.2 Å². The number of nitrogens with zero attached hydrogens (tertiary/aromatic N) is 2. The minimum Gasteiger partial charge on any atom is -0.314 e. The van der Waals surface area contributed by atoms with Crippen LogP contribution in [0.5, 0.6) is 0 Å². The van der Waals surface area contributed by atoms with E-state index in [4.69, 9.17) is 0 Å². The maximum atomic E-state index is 4.21. The number of hydrogen-bond donors (Lipinski definition) is 1. The summed E-state index contributed by atoms with van der Waals surface area (Å²) < 4.78 is 0.904. The third-order valence-corrected chi connectivity index (χ3v) is 3.70. The number of pyridine rings is 1. The van der Waals surface area contributed by atoms with E-state index in [-0.39, 0.29) is 24.8 Å². The summed E-state index contributed by atoms with van der Waals surface area (Å²) in [5, 5.41) is 3.40. The molecule has 1 N–H and O–H groups in total. The Morgan fingerprint density at radius 1 is 1.45 bits per heavy atom. The second-order valence-electron chi connectivity index (χ2n) is 4.87. The molecule has 2 heterocycles. The van der Waals surface area contributed by atoms with Gasteiger partial charge < -0.3 is 5.32 Å². The lowest BCUT2D eigenvalue weighted by molar-refractivity contribution is 0.172. The Balaban J connectivity index is 0.00000180. The maximum absolute atomic E-state index is 4.21. The lowest BCUT2D eigenvalue weighted by Gasteiger charge is -2.35. The minimum atomic E-state index is 0. The fourth-order valence-electron chi connectivity index (χ4n) is 2.41. The van der Waals surface area contributed by atoms with Crippen molar-refractivity contribution < 1.29 is 0 Å². The largest absolute Gasteiger partial charge is 0.314 e.